The first-order valence-electron chi connectivity index (χ1n) is 10.2. The molecule has 0 radical (unpaired) electrons. The number of anilines is 1. The molecule has 0 fully saturated rings. The highest BCUT2D eigenvalue weighted by Gasteiger charge is 2.25. The Hall–Kier alpha value is -3.68. The van der Waals surface area contributed by atoms with Crippen molar-refractivity contribution in [1.29, 1.82) is 0 Å². The summed E-state index contributed by atoms with van der Waals surface area (Å²) in [5, 5.41) is 4.54. The molecule has 0 spiro atoms. The van der Waals surface area contributed by atoms with E-state index in [2.05, 4.69) is 15.1 Å². The van der Waals surface area contributed by atoms with Gasteiger partial charge in [-0.15, -0.1) is 0 Å². The minimum Gasteiger partial charge on any atom is -0.482 e. The minimum absolute atomic E-state index is 0.271. The van der Waals surface area contributed by atoms with E-state index in [1.54, 1.807) is 19.2 Å². The quantitative estimate of drug-likeness (QED) is 0.481. The van der Waals surface area contributed by atoms with Crippen LogP contribution in [-0.2, 0) is 13.0 Å². The van der Waals surface area contributed by atoms with Gasteiger partial charge in [0.05, 0.1) is 11.9 Å². The lowest BCUT2D eigenvalue weighted by molar-refractivity contribution is 0.227. The minimum atomic E-state index is -0.495. The van der Waals surface area contributed by atoms with Gasteiger partial charge >= 0.3 is 0 Å². The average Bonchev–Trinajstić information content (AvgIpc) is 3.32. The molecule has 158 valence electrons. The number of ether oxygens (including phenoxy) is 1. The SMILES string of the molecule is CCn1ncc2c1-c1cnc(N)c(c1)OC(C)c1cc(F)ccc1-c1nc(C)oc1C2. The number of nitrogens with zero attached hydrogens (tertiary/aromatic N) is 4. The second kappa shape index (κ2) is 7.23. The van der Waals surface area contributed by atoms with Crippen molar-refractivity contribution in [2.45, 2.75) is 39.8 Å². The van der Waals surface area contributed by atoms with E-state index in [1.165, 1.54) is 12.1 Å². The highest BCUT2D eigenvalue weighted by atomic mass is 19.1. The number of benzene rings is 1. The second-order valence-electron chi connectivity index (χ2n) is 7.61. The lowest BCUT2D eigenvalue weighted by Gasteiger charge is -2.20. The zero-order valence-electron chi connectivity index (χ0n) is 17.5. The van der Waals surface area contributed by atoms with Crippen molar-refractivity contribution in [3.63, 3.8) is 0 Å². The van der Waals surface area contributed by atoms with E-state index in [0.29, 0.717) is 41.6 Å². The predicted octanol–water partition coefficient (Wildman–Crippen LogP) is 4.69. The molecule has 2 N–H and O–H groups in total. The molecule has 1 unspecified atom stereocenters. The Morgan fingerprint density at radius 3 is 2.90 bits per heavy atom. The maximum absolute atomic E-state index is 14.2. The van der Waals surface area contributed by atoms with Crippen LogP contribution in [-0.4, -0.2) is 19.7 Å². The number of nitrogen functional groups attached to an aromatic ring is 1. The van der Waals surface area contributed by atoms with Gasteiger partial charge in [0.2, 0.25) is 0 Å². The van der Waals surface area contributed by atoms with Crippen LogP contribution < -0.4 is 10.5 Å². The van der Waals surface area contributed by atoms with Gasteiger partial charge < -0.3 is 14.9 Å². The normalized spacial score (nSPS) is 15.2. The van der Waals surface area contributed by atoms with Crippen LogP contribution in [0.15, 0.2) is 41.1 Å². The number of rotatable bonds is 1. The fraction of sp³-hybridized carbons (Fsp3) is 0.261. The van der Waals surface area contributed by atoms with E-state index in [-0.39, 0.29) is 11.6 Å². The van der Waals surface area contributed by atoms with Crippen molar-refractivity contribution >= 4 is 5.82 Å². The summed E-state index contributed by atoms with van der Waals surface area (Å²) in [5.74, 6) is 1.59. The summed E-state index contributed by atoms with van der Waals surface area (Å²) in [6.07, 6.45) is 3.53. The Bertz CT molecular complexity index is 1290. The van der Waals surface area contributed by atoms with E-state index in [9.17, 15) is 4.39 Å². The van der Waals surface area contributed by atoms with Crippen molar-refractivity contribution < 1.29 is 13.5 Å². The van der Waals surface area contributed by atoms with Crippen molar-refractivity contribution in [3.8, 4) is 28.3 Å². The number of aryl methyl sites for hydroxylation is 2. The number of nitrogens with two attached hydrogens (primary N) is 1. The van der Waals surface area contributed by atoms with Gasteiger partial charge in [-0.05, 0) is 38.1 Å². The zero-order chi connectivity index (χ0) is 21.7. The highest BCUT2D eigenvalue weighted by Crippen LogP contribution is 2.38. The van der Waals surface area contributed by atoms with Crippen LogP contribution in [0.5, 0.6) is 5.75 Å². The van der Waals surface area contributed by atoms with E-state index in [1.807, 2.05) is 30.8 Å². The van der Waals surface area contributed by atoms with Gasteiger partial charge in [0.1, 0.15) is 23.4 Å². The Kier molecular flexibility index (Phi) is 4.50. The zero-order valence-corrected chi connectivity index (χ0v) is 17.5. The van der Waals surface area contributed by atoms with E-state index in [4.69, 9.17) is 14.9 Å². The van der Waals surface area contributed by atoms with Crippen molar-refractivity contribution in [2.24, 2.45) is 0 Å². The molecule has 0 aliphatic carbocycles. The van der Waals surface area contributed by atoms with Gasteiger partial charge in [-0.25, -0.2) is 14.4 Å². The predicted molar refractivity (Wildman–Crippen MR) is 114 cm³/mol. The maximum atomic E-state index is 14.2. The maximum Gasteiger partial charge on any atom is 0.191 e. The topological polar surface area (TPSA) is 92.0 Å². The highest BCUT2D eigenvalue weighted by molar-refractivity contribution is 5.71. The molecule has 2 bridgehead atoms. The molecule has 31 heavy (non-hydrogen) atoms. The van der Waals surface area contributed by atoms with Gasteiger partial charge in [-0.3, -0.25) is 4.68 Å². The summed E-state index contributed by atoms with van der Waals surface area (Å²) >= 11 is 0. The molecule has 8 heteroatoms. The summed E-state index contributed by atoms with van der Waals surface area (Å²) in [7, 11) is 0. The molecular formula is C23H22FN5O2. The third-order valence-electron chi connectivity index (χ3n) is 5.54. The summed E-state index contributed by atoms with van der Waals surface area (Å²) in [6.45, 7) is 6.38. The Labute approximate surface area is 178 Å². The fourth-order valence-electron chi connectivity index (χ4n) is 4.12. The molecule has 1 aromatic carbocycles. The van der Waals surface area contributed by atoms with Gasteiger partial charge in [0, 0.05) is 48.3 Å². The van der Waals surface area contributed by atoms with Crippen LogP contribution in [0, 0.1) is 12.7 Å². The average molecular weight is 419 g/mol. The molecule has 1 aliphatic rings. The molecule has 0 amide bonds. The van der Waals surface area contributed by atoms with Crippen LogP contribution in [0.1, 0.15) is 42.7 Å². The number of oxazole rings is 1. The summed E-state index contributed by atoms with van der Waals surface area (Å²) < 4.78 is 28.3. The first kappa shape index (κ1) is 19.3. The van der Waals surface area contributed by atoms with Crippen LogP contribution in [0.3, 0.4) is 0 Å². The van der Waals surface area contributed by atoms with Crippen molar-refractivity contribution in [1.82, 2.24) is 19.7 Å². The van der Waals surface area contributed by atoms with Gasteiger partial charge in [-0.2, -0.15) is 5.10 Å². The van der Waals surface area contributed by atoms with Crippen LogP contribution >= 0.6 is 0 Å². The van der Waals surface area contributed by atoms with Crippen LogP contribution in [0.25, 0.3) is 22.5 Å². The number of hydrogen-bond acceptors (Lipinski definition) is 6. The first-order chi connectivity index (χ1) is 14.9. The molecule has 7 nitrogen and oxygen atoms in total. The molecule has 0 saturated heterocycles. The second-order valence-corrected chi connectivity index (χ2v) is 7.61. The van der Waals surface area contributed by atoms with Crippen molar-refractivity contribution in [2.75, 3.05) is 5.73 Å². The largest absolute Gasteiger partial charge is 0.482 e. The third-order valence-corrected chi connectivity index (χ3v) is 5.54. The number of fused-ring (bicyclic) bond motifs is 7. The molecule has 4 aromatic rings. The lowest BCUT2D eigenvalue weighted by atomic mass is 9.96. The van der Waals surface area contributed by atoms with E-state index in [0.717, 1.165) is 22.4 Å². The number of aromatic nitrogens is 4. The lowest BCUT2D eigenvalue weighted by Crippen LogP contribution is -2.10. The number of hydrogen-bond donors (Lipinski definition) is 1. The monoisotopic (exact) mass is 419 g/mol. The molecule has 4 heterocycles. The summed E-state index contributed by atoms with van der Waals surface area (Å²) in [4.78, 5) is 8.96. The van der Waals surface area contributed by atoms with Crippen LogP contribution in [0.2, 0.25) is 0 Å². The molecule has 1 atom stereocenters. The Balaban J connectivity index is 1.81. The fourth-order valence-corrected chi connectivity index (χ4v) is 4.12. The van der Waals surface area contributed by atoms with Crippen LogP contribution in [0.4, 0.5) is 10.2 Å². The Morgan fingerprint density at radius 1 is 1.26 bits per heavy atom. The smallest absolute Gasteiger partial charge is 0.191 e. The van der Waals surface area contributed by atoms with Gasteiger partial charge in [0.25, 0.3) is 0 Å². The number of pyridine rings is 1. The number of halogens is 1. The van der Waals surface area contributed by atoms with Gasteiger partial charge in [-0.1, -0.05) is 0 Å². The molecule has 1 aliphatic heterocycles. The molecule has 0 saturated carbocycles. The standard InChI is InChI=1S/C23H22FN5O2/c1-4-29-22-14-8-20(23(25)26-10-14)30-12(2)18-9-16(24)5-6-17(18)21-19(31-13(3)28-21)7-15(22)11-27-29/h5-6,8-12H,4,7H2,1-3H3,(H2,25,26). The summed E-state index contributed by atoms with van der Waals surface area (Å²) in [5.41, 5.74) is 10.9. The van der Waals surface area contributed by atoms with E-state index < -0.39 is 6.10 Å². The first-order valence-corrected chi connectivity index (χ1v) is 10.2. The van der Waals surface area contributed by atoms with Crippen molar-refractivity contribution in [3.05, 3.63) is 65.3 Å². The van der Waals surface area contributed by atoms with E-state index >= 15 is 0 Å². The summed E-state index contributed by atoms with van der Waals surface area (Å²) in [6, 6.07) is 6.46. The molecule has 3 aromatic heterocycles. The Morgan fingerprint density at radius 2 is 2.10 bits per heavy atom. The molecule has 5 rings (SSSR count). The third kappa shape index (κ3) is 3.24. The molecular weight excluding hydrogens is 397 g/mol. The van der Waals surface area contributed by atoms with Gasteiger partial charge in [0.15, 0.2) is 17.5 Å².